The third-order valence-corrected chi connectivity index (χ3v) is 2.98. The van der Waals surface area contributed by atoms with Gasteiger partial charge >= 0.3 is 5.97 Å². The van der Waals surface area contributed by atoms with Crippen LogP contribution in [0.4, 0.5) is 0 Å². The monoisotopic (exact) mass is 277 g/mol. The molecule has 0 N–H and O–H groups in total. The zero-order chi connectivity index (χ0) is 14.7. The van der Waals surface area contributed by atoms with Crippen molar-refractivity contribution < 1.29 is 9.53 Å². The smallest absolute Gasteiger partial charge is 0.356 e. The number of ether oxygens (including phenoxy) is 1. The summed E-state index contributed by atoms with van der Waals surface area (Å²) in [5.74, 6) is -0.346. The van der Waals surface area contributed by atoms with Crippen LogP contribution < -0.4 is 0 Å². The fourth-order valence-corrected chi connectivity index (χ4v) is 2.38. The van der Waals surface area contributed by atoms with Gasteiger partial charge in [-0.1, -0.05) is 30.3 Å². The Morgan fingerprint density at radius 1 is 1.11 bits per heavy atom. The second kappa shape index (κ2) is 5.69. The van der Waals surface area contributed by atoms with Gasteiger partial charge in [-0.2, -0.15) is 0 Å². The van der Waals surface area contributed by atoms with Crippen LogP contribution >= 0.6 is 0 Å². The Labute approximate surface area is 116 Å². The molecule has 19 heavy (non-hydrogen) atoms. The van der Waals surface area contributed by atoms with E-state index >= 15 is 0 Å². The Hall–Kier alpha value is -1.42. The van der Waals surface area contributed by atoms with Crippen molar-refractivity contribution in [3.05, 3.63) is 35.9 Å². The number of benzene rings is 1. The molecule has 0 bridgehead atoms. The fraction of sp³-hybridized carbons (Fsp3) is 0.467. The minimum Gasteiger partial charge on any atom is -0.455 e. The summed E-state index contributed by atoms with van der Waals surface area (Å²) in [4.78, 5) is 12.3. The number of carbonyl (C=O) groups is 1. The summed E-state index contributed by atoms with van der Waals surface area (Å²) >= 11 is 0. The highest BCUT2D eigenvalue weighted by Crippen LogP contribution is 2.14. The van der Waals surface area contributed by atoms with Gasteiger partial charge in [-0.05, 0) is 40.4 Å². The molecule has 0 atom stereocenters. The van der Waals surface area contributed by atoms with Gasteiger partial charge in [-0.15, -0.1) is 0 Å². The number of esters is 1. The van der Waals surface area contributed by atoms with E-state index in [9.17, 15) is 4.79 Å². The van der Waals surface area contributed by atoms with Crippen LogP contribution in [0.5, 0.6) is 0 Å². The van der Waals surface area contributed by atoms with Crippen LogP contribution in [0, 0.1) is 0 Å². The van der Waals surface area contributed by atoms with Gasteiger partial charge in [0.15, 0.2) is 8.24 Å². The Balaban J connectivity index is 3.15. The van der Waals surface area contributed by atoms with E-state index in [-0.39, 0.29) is 5.97 Å². The molecule has 0 saturated carbocycles. The van der Waals surface area contributed by atoms with Crippen LogP contribution in [0.1, 0.15) is 26.3 Å². The van der Waals surface area contributed by atoms with Crippen LogP contribution in [0.25, 0.3) is 0 Å². The van der Waals surface area contributed by atoms with E-state index in [1.54, 1.807) is 0 Å². The van der Waals surface area contributed by atoms with Crippen LogP contribution in [0.3, 0.4) is 0 Å². The molecule has 1 aromatic carbocycles. The lowest BCUT2D eigenvalue weighted by atomic mass is 10.1. The first-order valence-electron chi connectivity index (χ1n) is 6.47. The van der Waals surface area contributed by atoms with E-state index in [1.807, 2.05) is 51.1 Å². The van der Waals surface area contributed by atoms with Gasteiger partial charge in [0.2, 0.25) is 0 Å². The van der Waals surface area contributed by atoms with E-state index in [0.29, 0.717) is 5.71 Å². The molecule has 0 unspecified atom stereocenters. The SMILES string of the molecule is CC(C)(C)OC(=O)/C(=N/[Si](C)(C)C)c1ccccc1. The Morgan fingerprint density at radius 2 is 1.63 bits per heavy atom. The van der Waals surface area contributed by atoms with Gasteiger partial charge in [0.25, 0.3) is 0 Å². The molecule has 0 heterocycles. The van der Waals surface area contributed by atoms with E-state index in [0.717, 1.165) is 5.56 Å². The summed E-state index contributed by atoms with van der Waals surface area (Å²) in [6, 6.07) is 9.51. The van der Waals surface area contributed by atoms with Crippen molar-refractivity contribution in [1.29, 1.82) is 0 Å². The highest BCUT2D eigenvalue weighted by molar-refractivity contribution is 6.77. The van der Waals surface area contributed by atoms with Crippen molar-refractivity contribution in [3.63, 3.8) is 0 Å². The minimum absolute atomic E-state index is 0.346. The van der Waals surface area contributed by atoms with E-state index < -0.39 is 13.8 Å². The van der Waals surface area contributed by atoms with Gasteiger partial charge in [0, 0.05) is 5.56 Å². The molecular weight excluding hydrogens is 254 g/mol. The van der Waals surface area contributed by atoms with Crippen molar-refractivity contribution in [3.8, 4) is 0 Å². The summed E-state index contributed by atoms with van der Waals surface area (Å²) in [6.45, 7) is 11.9. The lowest BCUT2D eigenvalue weighted by Gasteiger charge is -2.21. The third kappa shape index (κ3) is 5.83. The molecule has 4 heteroatoms. The predicted molar refractivity (Wildman–Crippen MR) is 82.2 cm³/mol. The van der Waals surface area contributed by atoms with Crippen molar-refractivity contribution in [2.24, 2.45) is 4.66 Å². The Bertz CT molecular complexity index is 467. The highest BCUT2D eigenvalue weighted by atomic mass is 28.3. The standard InChI is InChI=1S/C15H23NO2Si/c1-15(2,3)18-14(17)13(16-19(4,5)6)12-10-8-7-9-11-12/h7-11H,1-6H3/b16-13+. The molecular formula is C15H23NO2Si. The molecule has 0 fully saturated rings. The summed E-state index contributed by atoms with van der Waals surface area (Å²) in [5.41, 5.74) is 0.750. The zero-order valence-corrected chi connectivity index (χ0v) is 13.7. The van der Waals surface area contributed by atoms with Crippen LogP contribution in [-0.4, -0.2) is 25.5 Å². The molecule has 0 amide bonds. The average molecular weight is 277 g/mol. The minimum atomic E-state index is -1.75. The van der Waals surface area contributed by atoms with Crippen molar-refractivity contribution in [1.82, 2.24) is 0 Å². The normalized spacial score (nSPS) is 13.3. The molecule has 0 spiro atoms. The first-order chi connectivity index (χ1) is 8.58. The molecule has 1 rings (SSSR count). The van der Waals surface area contributed by atoms with Crippen molar-refractivity contribution >= 4 is 19.9 Å². The van der Waals surface area contributed by atoms with E-state index in [4.69, 9.17) is 4.74 Å². The number of rotatable bonds is 3. The molecule has 0 aliphatic carbocycles. The summed E-state index contributed by atoms with van der Waals surface area (Å²) in [5, 5.41) is 0. The number of carbonyl (C=O) groups excluding carboxylic acids is 1. The van der Waals surface area contributed by atoms with Crippen LogP contribution in [0.2, 0.25) is 19.6 Å². The Kier molecular flexibility index (Phi) is 4.69. The summed E-state index contributed by atoms with van der Waals surface area (Å²) < 4.78 is 10.1. The maximum absolute atomic E-state index is 12.3. The molecule has 1 aromatic rings. The van der Waals surface area contributed by atoms with Crippen LogP contribution in [0.15, 0.2) is 35.0 Å². The van der Waals surface area contributed by atoms with Gasteiger partial charge < -0.3 is 9.39 Å². The van der Waals surface area contributed by atoms with E-state index in [1.165, 1.54) is 0 Å². The molecule has 0 aliphatic rings. The van der Waals surface area contributed by atoms with Crippen molar-refractivity contribution in [2.75, 3.05) is 0 Å². The lowest BCUT2D eigenvalue weighted by molar-refractivity contribution is -0.146. The van der Waals surface area contributed by atoms with Gasteiger partial charge in [-0.3, -0.25) is 0 Å². The van der Waals surface area contributed by atoms with Crippen LogP contribution in [-0.2, 0) is 9.53 Å². The topological polar surface area (TPSA) is 38.7 Å². The van der Waals surface area contributed by atoms with Gasteiger partial charge in [0.1, 0.15) is 11.3 Å². The second-order valence-corrected chi connectivity index (χ2v) is 11.1. The first kappa shape index (κ1) is 15.6. The average Bonchev–Trinajstić information content (AvgIpc) is 2.23. The second-order valence-electron chi connectivity index (χ2n) is 6.50. The fourth-order valence-electron chi connectivity index (χ4n) is 1.49. The molecule has 0 aliphatic heterocycles. The number of nitrogens with zero attached hydrogens (tertiary/aromatic N) is 1. The Morgan fingerprint density at radius 3 is 2.05 bits per heavy atom. The number of hydrogen-bond acceptors (Lipinski definition) is 3. The highest BCUT2D eigenvalue weighted by Gasteiger charge is 2.24. The molecule has 0 radical (unpaired) electrons. The zero-order valence-electron chi connectivity index (χ0n) is 12.7. The number of hydrogen-bond donors (Lipinski definition) is 0. The molecule has 3 nitrogen and oxygen atoms in total. The van der Waals surface area contributed by atoms with Gasteiger partial charge in [-0.25, -0.2) is 4.79 Å². The molecule has 0 saturated heterocycles. The summed E-state index contributed by atoms with van der Waals surface area (Å²) in [6.07, 6.45) is 0. The predicted octanol–water partition coefficient (Wildman–Crippen LogP) is 3.65. The third-order valence-electron chi connectivity index (χ3n) is 2.09. The largest absolute Gasteiger partial charge is 0.455 e. The lowest BCUT2D eigenvalue weighted by Crippen LogP contribution is -2.32. The van der Waals surface area contributed by atoms with Crippen molar-refractivity contribution in [2.45, 2.75) is 46.0 Å². The molecule has 0 aromatic heterocycles. The molecule has 104 valence electrons. The maximum Gasteiger partial charge on any atom is 0.356 e. The quantitative estimate of drug-likeness (QED) is 0.480. The van der Waals surface area contributed by atoms with Gasteiger partial charge in [0.05, 0.1) is 0 Å². The first-order valence-corrected chi connectivity index (χ1v) is 9.92. The van der Waals surface area contributed by atoms with E-state index in [2.05, 4.69) is 24.3 Å². The maximum atomic E-state index is 12.3. The summed E-state index contributed by atoms with van der Waals surface area (Å²) in [7, 11) is -1.75.